The van der Waals surface area contributed by atoms with E-state index < -0.39 is 0 Å². The van der Waals surface area contributed by atoms with E-state index in [0.29, 0.717) is 0 Å². The number of furan rings is 1. The molecule has 0 N–H and O–H groups in total. The minimum absolute atomic E-state index is 0.899. The SMILES string of the molecule is c1ccc(-c2nc3cc(-c4cccc5c4oc4ccccc45)ccc3c3nc4ccccc4cc23)cc1. The summed E-state index contributed by atoms with van der Waals surface area (Å²) in [4.78, 5) is 10.3. The average molecular weight is 473 g/mol. The number of hydrogen-bond donors (Lipinski definition) is 0. The van der Waals surface area contributed by atoms with Crippen LogP contribution >= 0.6 is 0 Å². The van der Waals surface area contributed by atoms with Gasteiger partial charge in [-0.25, -0.2) is 9.97 Å². The Kier molecular flexibility index (Phi) is 4.23. The normalized spacial score (nSPS) is 11.8. The van der Waals surface area contributed by atoms with E-state index in [2.05, 4.69) is 97.1 Å². The highest BCUT2D eigenvalue weighted by Gasteiger charge is 2.16. The Morgan fingerprint density at radius 2 is 1.30 bits per heavy atom. The van der Waals surface area contributed by atoms with Crippen LogP contribution in [0, 0.1) is 0 Å². The Bertz CT molecular complexity index is 2140. The molecule has 8 aromatic rings. The molecule has 37 heavy (non-hydrogen) atoms. The first-order chi connectivity index (χ1) is 18.3. The predicted octanol–water partition coefficient (Wildman–Crippen LogP) is 9.17. The number of benzene rings is 5. The quantitative estimate of drug-likeness (QED) is 0.186. The third-order valence-corrected chi connectivity index (χ3v) is 7.23. The van der Waals surface area contributed by atoms with E-state index in [9.17, 15) is 0 Å². The van der Waals surface area contributed by atoms with Crippen molar-refractivity contribution in [1.82, 2.24) is 9.97 Å². The van der Waals surface area contributed by atoms with Crippen LogP contribution < -0.4 is 0 Å². The van der Waals surface area contributed by atoms with Gasteiger partial charge in [0.25, 0.3) is 0 Å². The molecule has 3 heteroatoms. The Hall–Kier alpha value is -5.02. The minimum Gasteiger partial charge on any atom is -0.455 e. The van der Waals surface area contributed by atoms with E-state index in [1.807, 2.05) is 24.3 Å². The van der Waals surface area contributed by atoms with Gasteiger partial charge in [0.15, 0.2) is 0 Å². The second-order valence-electron chi connectivity index (χ2n) is 9.42. The van der Waals surface area contributed by atoms with Crippen LogP contribution in [0.1, 0.15) is 0 Å². The Morgan fingerprint density at radius 3 is 2.24 bits per heavy atom. The fourth-order valence-corrected chi connectivity index (χ4v) is 5.46. The number of fused-ring (bicyclic) bond motifs is 7. The zero-order chi connectivity index (χ0) is 24.3. The summed E-state index contributed by atoms with van der Waals surface area (Å²) >= 11 is 0. The van der Waals surface area contributed by atoms with Gasteiger partial charge in [0, 0.05) is 38.1 Å². The van der Waals surface area contributed by atoms with Gasteiger partial charge in [-0.3, -0.25) is 0 Å². The van der Waals surface area contributed by atoms with Crippen molar-refractivity contribution in [3.63, 3.8) is 0 Å². The maximum absolute atomic E-state index is 6.33. The van der Waals surface area contributed by atoms with Crippen LogP contribution in [0.5, 0.6) is 0 Å². The molecule has 0 saturated heterocycles. The van der Waals surface area contributed by atoms with E-state index >= 15 is 0 Å². The summed E-state index contributed by atoms with van der Waals surface area (Å²) in [5.41, 5.74) is 8.83. The summed E-state index contributed by atoms with van der Waals surface area (Å²) in [6.07, 6.45) is 0. The van der Waals surface area contributed by atoms with Crippen molar-refractivity contribution in [2.45, 2.75) is 0 Å². The second kappa shape index (κ2) is 7.74. The standard InChI is InChI=1S/C34H20N2O/c1-2-9-21(10-3-1)32-28-19-23-11-4-6-15-29(23)35-33(28)27-18-17-22(20-30(27)36-32)24-13-8-14-26-25-12-5-7-16-31(25)37-34(24)26/h1-20H. The number of aromatic nitrogens is 2. The van der Waals surface area contributed by atoms with Gasteiger partial charge in [0.2, 0.25) is 0 Å². The molecule has 0 amide bonds. The Balaban J connectivity index is 1.44. The molecule has 5 aromatic carbocycles. The van der Waals surface area contributed by atoms with Gasteiger partial charge < -0.3 is 4.42 Å². The predicted molar refractivity (Wildman–Crippen MR) is 153 cm³/mol. The van der Waals surface area contributed by atoms with Gasteiger partial charge in [-0.1, -0.05) is 91.0 Å². The minimum atomic E-state index is 0.899. The van der Waals surface area contributed by atoms with E-state index in [1.165, 1.54) is 0 Å². The highest BCUT2D eigenvalue weighted by Crippen LogP contribution is 2.38. The lowest BCUT2D eigenvalue weighted by molar-refractivity contribution is 0.670. The molecule has 3 nitrogen and oxygen atoms in total. The summed E-state index contributed by atoms with van der Waals surface area (Å²) < 4.78 is 6.33. The maximum Gasteiger partial charge on any atom is 0.143 e. The summed E-state index contributed by atoms with van der Waals surface area (Å²) in [7, 11) is 0. The number of pyridine rings is 2. The van der Waals surface area contributed by atoms with E-state index in [1.54, 1.807) is 0 Å². The Labute approximate surface area is 212 Å². The first-order valence-electron chi connectivity index (χ1n) is 12.4. The molecule has 0 aliphatic carbocycles. The number of hydrogen-bond acceptors (Lipinski definition) is 3. The van der Waals surface area contributed by atoms with Crippen LogP contribution in [0.4, 0.5) is 0 Å². The average Bonchev–Trinajstić information content (AvgIpc) is 3.35. The lowest BCUT2D eigenvalue weighted by Crippen LogP contribution is -1.93. The molecule has 0 radical (unpaired) electrons. The number of para-hydroxylation sites is 3. The van der Waals surface area contributed by atoms with Gasteiger partial charge in [0.05, 0.1) is 22.2 Å². The molecule has 172 valence electrons. The van der Waals surface area contributed by atoms with Gasteiger partial charge in [-0.15, -0.1) is 0 Å². The van der Waals surface area contributed by atoms with Gasteiger partial charge in [0.1, 0.15) is 11.2 Å². The van der Waals surface area contributed by atoms with E-state index in [-0.39, 0.29) is 0 Å². The molecule has 0 unspecified atom stereocenters. The molecule has 0 spiro atoms. The highest BCUT2D eigenvalue weighted by atomic mass is 16.3. The molecule has 0 fully saturated rings. The third-order valence-electron chi connectivity index (χ3n) is 7.23. The third kappa shape index (κ3) is 3.08. The zero-order valence-electron chi connectivity index (χ0n) is 19.8. The molecule has 0 saturated carbocycles. The lowest BCUT2D eigenvalue weighted by atomic mass is 9.98. The second-order valence-corrected chi connectivity index (χ2v) is 9.42. The zero-order valence-corrected chi connectivity index (χ0v) is 19.8. The molecule has 0 aliphatic heterocycles. The first kappa shape index (κ1) is 20.2. The van der Waals surface area contributed by atoms with Gasteiger partial charge in [-0.2, -0.15) is 0 Å². The summed E-state index contributed by atoms with van der Waals surface area (Å²) in [5.74, 6) is 0. The fourth-order valence-electron chi connectivity index (χ4n) is 5.46. The monoisotopic (exact) mass is 472 g/mol. The van der Waals surface area contributed by atoms with Crippen molar-refractivity contribution < 1.29 is 4.42 Å². The van der Waals surface area contributed by atoms with Gasteiger partial charge in [-0.05, 0) is 35.9 Å². The van der Waals surface area contributed by atoms with Crippen molar-refractivity contribution in [2.75, 3.05) is 0 Å². The van der Waals surface area contributed by atoms with E-state index in [0.717, 1.165) is 77.0 Å². The molecular weight excluding hydrogens is 452 g/mol. The highest BCUT2D eigenvalue weighted by molar-refractivity contribution is 6.14. The molecule has 0 aliphatic rings. The van der Waals surface area contributed by atoms with Crippen LogP contribution in [0.3, 0.4) is 0 Å². The topological polar surface area (TPSA) is 38.9 Å². The van der Waals surface area contributed by atoms with Crippen LogP contribution in [0.2, 0.25) is 0 Å². The smallest absolute Gasteiger partial charge is 0.143 e. The number of nitrogens with zero attached hydrogens (tertiary/aromatic N) is 2. The van der Waals surface area contributed by atoms with Crippen molar-refractivity contribution in [1.29, 1.82) is 0 Å². The summed E-state index contributed by atoms with van der Waals surface area (Å²) in [6.45, 7) is 0. The molecule has 0 atom stereocenters. The van der Waals surface area contributed by atoms with Crippen molar-refractivity contribution in [2.24, 2.45) is 0 Å². The Morgan fingerprint density at radius 1 is 0.486 bits per heavy atom. The number of rotatable bonds is 2. The van der Waals surface area contributed by atoms with Crippen LogP contribution in [0.25, 0.3) is 77.0 Å². The van der Waals surface area contributed by atoms with E-state index in [4.69, 9.17) is 14.4 Å². The maximum atomic E-state index is 6.33. The van der Waals surface area contributed by atoms with Crippen LogP contribution in [0.15, 0.2) is 126 Å². The molecule has 8 rings (SSSR count). The van der Waals surface area contributed by atoms with Crippen molar-refractivity contribution in [3.8, 4) is 22.4 Å². The molecule has 3 heterocycles. The molecular formula is C34H20N2O. The van der Waals surface area contributed by atoms with Crippen molar-refractivity contribution in [3.05, 3.63) is 121 Å². The molecule has 3 aromatic heterocycles. The summed E-state index contributed by atoms with van der Waals surface area (Å²) in [5, 5.41) is 5.47. The first-order valence-corrected chi connectivity index (χ1v) is 12.4. The molecule has 0 bridgehead atoms. The largest absolute Gasteiger partial charge is 0.455 e. The van der Waals surface area contributed by atoms with Gasteiger partial charge >= 0.3 is 0 Å². The fraction of sp³-hybridized carbons (Fsp3) is 0. The van der Waals surface area contributed by atoms with Crippen molar-refractivity contribution >= 4 is 54.6 Å². The van der Waals surface area contributed by atoms with Crippen LogP contribution in [-0.2, 0) is 0 Å². The summed E-state index contributed by atoms with van der Waals surface area (Å²) in [6, 6.07) is 41.9. The lowest BCUT2D eigenvalue weighted by Gasteiger charge is -2.12. The van der Waals surface area contributed by atoms with Crippen LogP contribution in [-0.4, -0.2) is 9.97 Å².